The lowest BCUT2D eigenvalue weighted by Crippen LogP contribution is -2.26. The predicted molar refractivity (Wildman–Crippen MR) is 81.3 cm³/mol. The average Bonchev–Trinajstić information content (AvgIpc) is 2.43. The minimum Gasteiger partial charge on any atom is -0.337 e. The molecule has 0 bridgehead atoms. The molecule has 0 heterocycles. The van der Waals surface area contributed by atoms with Gasteiger partial charge in [0.1, 0.15) is 5.82 Å². The van der Waals surface area contributed by atoms with Crippen LogP contribution in [0.5, 0.6) is 0 Å². The summed E-state index contributed by atoms with van der Waals surface area (Å²) >= 11 is 9.36. The Morgan fingerprint density at radius 1 is 1.25 bits per heavy atom. The lowest BCUT2D eigenvalue weighted by Gasteiger charge is -2.18. The van der Waals surface area contributed by atoms with Crippen LogP contribution < -0.4 is 0 Å². The Kier molecular flexibility index (Phi) is 4.78. The van der Waals surface area contributed by atoms with E-state index >= 15 is 0 Å². The van der Waals surface area contributed by atoms with Crippen molar-refractivity contribution in [1.82, 2.24) is 4.90 Å². The molecule has 104 valence electrons. The van der Waals surface area contributed by atoms with Gasteiger partial charge in [-0.1, -0.05) is 39.7 Å². The van der Waals surface area contributed by atoms with E-state index in [4.69, 9.17) is 11.6 Å². The number of carbonyl (C=O) groups excluding carboxylic acids is 1. The van der Waals surface area contributed by atoms with E-state index in [-0.39, 0.29) is 11.7 Å². The molecule has 2 aromatic carbocycles. The summed E-state index contributed by atoms with van der Waals surface area (Å²) < 4.78 is 13.6. The molecule has 0 N–H and O–H groups in total. The van der Waals surface area contributed by atoms with E-state index < -0.39 is 0 Å². The number of carbonyl (C=O) groups is 1. The largest absolute Gasteiger partial charge is 0.337 e. The Labute approximate surface area is 130 Å². The van der Waals surface area contributed by atoms with Gasteiger partial charge in [-0.2, -0.15) is 0 Å². The molecule has 0 fully saturated rings. The van der Waals surface area contributed by atoms with E-state index in [9.17, 15) is 9.18 Å². The molecule has 1 amide bonds. The number of hydrogen-bond donors (Lipinski definition) is 0. The number of halogens is 3. The van der Waals surface area contributed by atoms with Crippen LogP contribution in [0, 0.1) is 5.82 Å². The maximum Gasteiger partial charge on any atom is 0.255 e. The molecule has 0 aliphatic rings. The highest BCUT2D eigenvalue weighted by Crippen LogP contribution is 2.22. The topological polar surface area (TPSA) is 20.3 Å². The van der Waals surface area contributed by atoms with Crippen LogP contribution in [0.1, 0.15) is 15.9 Å². The Hall–Kier alpha value is -1.39. The predicted octanol–water partition coefficient (Wildman–Crippen LogP) is 4.51. The van der Waals surface area contributed by atoms with Crippen molar-refractivity contribution in [2.75, 3.05) is 7.05 Å². The SMILES string of the molecule is CN(Cc1ccc(F)cc1)C(=O)c1cc(Br)ccc1Cl. The normalized spacial score (nSPS) is 10.4. The maximum atomic E-state index is 12.8. The van der Waals surface area contributed by atoms with Crippen molar-refractivity contribution < 1.29 is 9.18 Å². The lowest BCUT2D eigenvalue weighted by atomic mass is 10.1. The first kappa shape index (κ1) is 15.0. The number of rotatable bonds is 3. The van der Waals surface area contributed by atoms with Gasteiger partial charge in [-0.05, 0) is 35.9 Å². The van der Waals surface area contributed by atoms with Gasteiger partial charge in [0.25, 0.3) is 5.91 Å². The Balaban J connectivity index is 2.16. The molecule has 0 radical (unpaired) electrons. The smallest absolute Gasteiger partial charge is 0.255 e. The van der Waals surface area contributed by atoms with E-state index in [0.717, 1.165) is 10.0 Å². The van der Waals surface area contributed by atoms with Gasteiger partial charge in [0.2, 0.25) is 0 Å². The third-order valence-electron chi connectivity index (χ3n) is 2.84. The van der Waals surface area contributed by atoms with E-state index in [1.54, 1.807) is 42.3 Å². The quantitative estimate of drug-likeness (QED) is 0.792. The first-order valence-electron chi connectivity index (χ1n) is 5.92. The molecule has 2 rings (SSSR count). The van der Waals surface area contributed by atoms with Gasteiger partial charge < -0.3 is 4.90 Å². The van der Waals surface area contributed by atoms with Crippen LogP contribution in [-0.4, -0.2) is 17.9 Å². The molecule has 2 nitrogen and oxygen atoms in total. The van der Waals surface area contributed by atoms with Gasteiger partial charge in [0.15, 0.2) is 0 Å². The van der Waals surface area contributed by atoms with Crippen LogP contribution in [0.3, 0.4) is 0 Å². The highest BCUT2D eigenvalue weighted by atomic mass is 79.9. The minimum atomic E-state index is -0.294. The number of amides is 1. The zero-order valence-corrected chi connectivity index (χ0v) is 13.1. The van der Waals surface area contributed by atoms with Crippen molar-refractivity contribution in [2.24, 2.45) is 0 Å². The van der Waals surface area contributed by atoms with E-state index in [1.807, 2.05) is 0 Å². The third-order valence-corrected chi connectivity index (χ3v) is 3.66. The zero-order valence-electron chi connectivity index (χ0n) is 10.7. The fraction of sp³-hybridized carbons (Fsp3) is 0.133. The summed E-state index contributed by atoms with van der Waals surface area (Å²) in [5, 5.41) is 0.407. The maximum absolute atomic E-state index is 12.8. The van der Waals surface area contributed by atoms with E-state index in [0.29, 0.717) is 17.1 Å². The summed E-state index contributed by atoms with van der Waals surface area (Å²) in [4.78, 5) is 13.9. The highest BCUT2D eigenvalue weighted by molar-refractivity contribution is 9.10. The lowest BCUT2D eigenvalue weighted by molar-refractivity contribution is 0.0785. The molecule has 5 heteroatoms. The monoisotopic (exact) mass is 355 g/mol. The third kappa shape index (κ3) is 3.58. The molecule has 0 saturated heterocycles. The summed E-state index contributed by atoms with van der Waals surface area (Å²) in [6.45, 7) is 0.391. The second kappa shape index (κ2) is 6.37. The number of nitrogens with zero attached hydrogens (tertiary/aromatic N) is 1. The van der Waals surface area contributed by atoms with Crippen LogP contribution in [0.25, 0.3) is 0 Å². The molecule has 0 aliphatic heterocycles. The first-order valence-corrected chi connectivity index (χ1v) is 7.09. The fourth-order valence-electron chi connectivity index (χ4n) is 1.80. The highest BCUT2D eigenvalue weighted by Gasteiger charge is 2.15. The summed E-state index contributed by atoms with van der Waals surface area (Å²) in [7, 11) is 1.68. The van der Waals surface area contributed by atoms with Gasteiger partial charge in [0, 0.05) is 18.1 Å². The average molecular weight is 357 g/mol. The van der Waals surface area contributed by atoms with Crippen molar-refractivity contribution >= 4 is 33.4 Å². The molecule has 2 aromatic rings. The Bertz CT molecular complexity index is 630. The molecule has 0 spiro atoms. The molecule has 0 atom stereocenters. The van der Waals surface area contributed by atoms with Crippen molar-refractivity contribution in [3.05, 3.63) is 68.9 Å². The van der Waals surface area contributed by atoms with Crippen LogP contribution in [0.4, 0.5) is 4.39 Å². The Morgan fingerprint density at radius 3 is 2.55 bits per heavy atom. The van der Waals surface area contributed by atoms with Crippen molar-refractivity contribution in [2.45, 2.75) is 6.54 Å². The second-order valence-corrected chi connectivity index (χ2v) is 5.73. The van der Waals surface area contributed by atoms with E-state index in [1.165, 1.54) is 12.1 Å². The number of benzene rings is 2. The molecular weight excluding hydrogens is 345 g/mol. The first-order chi connectivity index (χ1) is 9.47. The van der Waals surface area contributed by atoms with Crippen LogP contribution in [0.15, 0.2) is 46.9 Å². The number of hydrogen-bond acceptors (Lipinski definition) is 1. The Morgan fingerprint density at radius 2 is 1.90 bits per heavy atom. The van der Waals surface area contributed by atoms with Gasteiger partial charge >= 0.3 is 0 Å². The second-order valence-electron chi connectivity index (χ2n) is 4.41. The van der Waals surface area contributed by atoms with Crippen molar-refractivity contribution in [3.8, 4) is 0 Å². The molecule has 0 aromatic heterocycles. The van der Waals surface area contributed by atoms with Gasteiger partial charge in [-0.15, -0.1) is 0 Å². The van der Waals surface area contributed by atoms with Crippen LogP contribution in [-0.2, 0) is 6.54 Å². The molecular formula is C15H12BrClFNO. The van der Waals surface area contributed by atoms with E-state index in [2.05, 4.69) is 15.9 Å². The molecule has 0 saturated carbocycles. The summed E-state index contributed by atoms with van der Waals surface area (Å²) in [6, 6.07) is 11.2. The zero-order chi connectivity index (χ0) is 14.7. The summed E-state index contributed by atoms with van der Waals surface area (Å²) in [5.41, 5.74) is 1.29. The van der Waals surface area contributed by atoms with Crippen LogP contribution >= 0.6 is 27.5 Å². The van der Waals surface area contributed by atoms with Gasteiger partial charge in [-0.3, -0.25) is 4.79 Å². The van der Waals surface area contributed by atoms with Crippen molar-refractivity contribution in [3.63, 3.8) is 0 Å². The molecule has 0 unspecified atom stereocenters. The van der Waals surface area contributed by atoms with Gasteiger partial charge in [0.05, 0.1) is 10.6 Å². The standard InChI is InChI=1S/C15H12BrClFNO/c1-19(9-10-2-5-12(18)6-3-10)15(20)13-8-11(16)4-7-14(13)17/h2-8H,9H2,1H3. The molecule has 20 heavy (non-hydrogen) atoms. The van der Waals surface area contributed by atoms with Crippen molar-refractivity contribution in [1.29, 1.82) is 0 Å². The molecule has 0 aliphatic carbocycles. The fourth-order valence-corrected chi connectivity index (χ4v) is 2.36. The van der Waals surface area contributed by atoms with Gasteiger partial charge in [-0.25, -0.2) is 4.39 Å². The summed E-state index contributed by atoms with van der Waals surface area (Å²) in [5.74, 6) is -0.474. The van der Waals surface area contributed by atoms with Crippen LogP contribution in [0.2, 0.25) is 5.02 Å². The minimum absolute atomic E-state index is 0.180. The summed E-state index contributed by atoms with van der Waals surface area (Å²) in [6.07, 6.45) is 0.